The number of para-hydroxylation sites is 2. The van der Waals surface area contributed by atoms with Gasteiger partial charge in [-0.1, -0.05) is 24.3 Å². The van der Waals surface area contributed by atoms with Crippen molar-refractivity contribution in [3.8, 4) is 11.5 Å². The van der Waals surface area contributed by atoms with Crippen molar-refractivity contribution in [2.75, 3.05) is 27.4 Å². The van der Waals surface area contributed by atoms with Crippen LogP contribution in [0.1, 0.15) is 15.9 Å². The standard InChI is InChI=1S/C17H18O4/c1-19-11-12-21-16-10-6-4-8-14(16)17(18)13-7-3-5-9-15(13)20-2/h3-10H,11-12H2,1-2H3. The number of rotatable bonds is 7. The molecule has 0 radical (unpaired) electrons. The smallest absolute Gasteiger partial charge is 0.200 e. The molecule has 0 aliphatic heterocycles. The van der Waals surface area contributed by atoms with Crippen LogP contribution in [0.5, 0.6) is 11.5 Å². The lowest BCUT2D eigenvalue weighted by atomic mass is 10.0. The normalized spacial score (nSPS) is 10.2. The van der Waals surface area contributed by atoms with Crippen LogP contribution in [0.3, 0.4) is 0 Å². The molecule has 0 heterocycles. The molecule has 0 saturated heterocycles. The van der Waals surface area contributed by atoms with Crippen LogP contribution in [-0.4, -0.2) is 33.2 Å². The molecule has 0 unspecified atom stereocenters. The van der Waals surface area contributed by atoms with Crippen molar-refractivity contribution < 1.29 is 19.0 Å². The number of carbonyl (C=O) groups is 1. The monoisotopic (exact) mass is 286 g/mol. The number of methoxy groups -OCH3 is 2. The molecule has 2 rings (SSSR count). The summed E-state index contributed by atoms with van der Waals surface area (Å²) in [4.78, 5) is 12.7. The van der Waals surface area contributed by atoms with E-state index in [1.165, 1.54) is 0 Å². The van der Waals surface area contributed by atoms with Gasteiger partial charge in [0.2, 0.25) is 0 Å². The minimum absolute atomic E-state index is 0.125. The number of carbonyl (C=O) groups excluding carboxylic acids is 1. The molecule has 2 aromatic carbocycles. The molecule has 0 bridgehead atoms. The first-order valence-electron chi connectivity index (χ1n) is 6.66. The lowest BCUT2D eigenvalue weighted by molar-refractivity contribution is 0.102. The molecule has 0 aliphatic carbocycles. The molecule has 0 aliphatic rings. The Morgan fingerprint density at radius 2 is 1.43 bits per heavy atom. The van der Waals surface area contributed by atoms with Crippen molar-refractivity contribution in [2.24, 2.45) is 0 Å². The fraction of sp³-hybridized carbons (Fsp3) is 0.235. The van der Waals surface area contributed by atoms with Crippen molar-refractivity contribution in [1.29, 1.82) is 0 Å². The fourth-order valence-electron chi connectivity index (χ4n) is 1.99. The van der Waals surface area contributed by atoms with E-state index in [4.69, 9.17) is 14.2 Å². The molecule has 0 N–H and O–H groups in total. The van der Waals surface area contributed by atoms with Gasteiger partial charge in [0.05, 0.1) is 24.8 Å². The highest BCUT2D eigenvalue weighted by Crippen LogP contribution is 2.26. The topological polar surface area (TPSA) is 44.8 Å². The van der Waals surface area contributed by atoms with E-state index in [1.807, 2.05) is 24.3 Å². The molecule has 0 amide bonds. The van der Waals surface area contributed by atoms with E-state index in [9.17, 15) is 4.79 Å². The number of ketones is 1. The predicted molar refractivity (Wildman–Crippen MR) is 80.2 cm³/mol. The molecule has 110 valence electrons. The van der Waals surface area contributed by atoms with Crippen LogP contribution >= 0.6 is 0 Å². The maximum Gasteiger partial charge on any atom is 0.200 e. The summed E-state index contributed by atoms with van der Waals surface area (Å²) < 4.78 is 15.8. The van der Waals surface area contributed by atoms with Gasteiger partial charge in [-0.05, 0) is 24.3 Å². The van der Waals surface area contributed by atoms with Crippen LogP contribution in [0.15, 0.2) is 48.5 Å². The second-order valence-electron chi connectivity index (χ2n) is 4.37. The summed E-state index contributed by atoms with van der Waals surface area (Å²) in [6.45, 7) is 0.865. The van der Waals surface area contributed by atoms with Crippen LogP contribution < -0.4 is 9.47 Å². The zero-order chi connectivity index (χ0) is 15.1. The average Bonchev–Trinajstić information content (AvgIpc) is 2.55. The Kier molecular flexibility index (Phi) is 5.35. The molecule has 4 nitrogen and oxygen atoms in total. The average molecular weight is 286 g/mol. The highest BCUT2D eigenvalue weighted by Gasteiger charge is 2.17. The molecule has 0 aromatic heterocycles. The van der Waals surface area contributed by atoms with Crippen molar-refractivity contribution >= 4 is 5.78 Å². The molecule has 4 heteroatoms. The van der Waals surface area contributed by atoms with Gasteiger partial charge in [0.1, 0.15) is 18.1 Å². The van der Waals surface area contributed by atoms with Crippen molar-refractivity contribution in [3.05, 3.63) is 59.7 Å². The van der Waals surface area contributed by atoms with Gasteiger partial charge in [-0.25, -0.2) is 0 Å². The number of hydrogen-bond acceptors (Lipinski definition) is 4. The Hall–Kier alpha value is -2.33. The molecule has 2 aromatic rings. The van der Waals surface area contributed by atoms with E-state index in [-0.39, 0.29) is 5.78 Å². The van der Waals surface area contributed by atoms with Crippen LogP contribution in [0.4, 0.5) is 0 Å². The van der Waals surface area contributed by atoms with Crippen LogP contribution in [0.25, 0.3) is 0 Å². The highest BCUT2D eigenvalue weighted by molar-refractivity contribution is 6.12. The van der Waals surface area contributed by atoms with Gasteiger partial charge in [-0.15, -0.1) is 0 Å². The SMILES string of the molecule is COCCOc1ccccc1C(=O)c1ccccc1OC. The Morgan fingerprint density at radius 3 is 2.05 bits per heavy atom. The van der Waals surface area contributed by atoms with Gasteiger partial charge < -0.3 is 14.2 Å². The van der Waals surface area contributed by atoms with Gasteiger partial charge in [0.25, 0.3) is 0 Å². The first kappa shape index (κ1) is 15.1. The third-order valence-electron chi connectivity index (χ3n) is 3.03. The lowest BCUT2D eigenvalue weighted by Gasteiger charge is -2.12. The van der Waals surface area contributed by atoms with Crippen LogP contribution in [0.2, 0.25) is 0 Å². The second-order valence-corrected chi connectivity index (χ2v) is 4.37. The summed E-state index contributed by atoms with van der Waals surface area (Å²) in [6.07, 6.45) is 0. The Balaban J connectivity index is 2.30. The summed E-state index contributed by atoms with van der Waals surface area (Å²) in [5, 5.41) is 0. The van der Waals surface area contributed by atoms with Gasteiger partial charge in [0, 0.05) is 7.11 Å². The molecule has 0 atom stereocenters. The van der Waals surface area contributed by atoms with Crippen molar-refractivity contribution in [2.45, 2.75) is 0 Å². The summed E-state index contributed by atoms with van der Waals surface area (Å²) in [6, 6.07) is 14.3. The minimum atomic E-state index is -0.125. The first-order valence-corrected chi connectivity index (χ1v) is 6.66. The first-order chi connectivity index (χ1) is 10.3. The lowest BCUT2D eigenvalue weighted by Crippen LogP contribution is -2.10. The zero-order valence-electron chi connectivity index (χ0n) is 12.2. The molecule has 0 spiro atoms. The highest BCUT2D eigenvalue weighted by atomic mass is 16.5. The number of hydrogen-bond donors (Lipinski definition) is 0. The molecule has 0 saturated carbocycles. The minimum Gasteiger partial charge on any atom is -0.496 e. The van der Waals surface area contributed by atoms with Crippen LogP contribution in [0, 0.1) is 0 Å². The Bertz CT molecular complexity index is 607. The van der Waals surface area contributed by atoms with Crippen LogP contribution in [-0.2, 0) is 4.74 Å². The maximum absolute atomic E-state index is 12.7. The third kappa shape index (κ3) is 3.61. The Labute approximate surface area is 124 Å². The Morgan fingerprint density at radius 1 is 0.857 bits per heavy atom. The zero-order valence-corrected chi connectivity index (χ0v) is 12.2. The van der Waals surface area contributed by atoms with E-state index in [0.717, 1.165) is 0 Å². The summed E-state index contributed by atoms with van der Waals surface area (Å²) in [5.74, 6) is 0.972. The molecule has 21 heavy (non-hydrogen) atoms. The van der Waals surface area contributed by atoms with E-state index in [2.05, 4.69) is 0 Å². The van der Waals surface area contributed by atoms with Gasteiger partial charge in [-0.2, -0.15) is 0 Å². The summed E-state index contributed by atoms with van der Waals surface area (Å²) in [7, 11) is 3.16. The van der Waals surface area contributed by atoms with Gasteiger partial charge in [-0.3, -0.25) is 4.79 Å². The maximum atomic E-state index is 12.7. The molecule has 0 fully saturated rings. The quantitative estimate of drug-likeness (QED) is 0.580. The number of ether oxygens (including phenoxy) is 3. The van der Waals surface area contributed by atoms with Gasteiger partial charge >= 0.3 is 0 Å². The fourth-order valence-corrected chi connectivity index (χ4v) is 1.99. The molecular weight excluding hydrogens is 268 g/mol. The largest absolute Gasteiger partial charge is 0.496 e. The number of benzene rings is 2. The second kappa shape index (κ2) is 7.45. The summed E-state index contributed by atoms with van der Waals surface area (Å²) in [5.41, 5.74) is 1.03. The van der Waals surface area contributed by atoms with E-state index in [0.29, 0.717) is 35.8 Å². The van der Waals surface area contributed by atoms with E-state index < -0.39 is 0 Å². The van der Waals surface area contributed by atoms with Crippen molar-refractivity contribution in [3.63, 3.8) is 0 Å². The summed E-state index contributed by atoms with van der Waals surface area (Å²) >= 11 is 0. The molecular formula is C17H18O4. The van der Waals surface area contributed by atoms with Gasteiger partial charge in [0.15, 0.2) is 5.78 Å². The van der Waals surface area contributed by atoms with E-state index >= 15 is 0 Å². The van der Waals surface area contributed by atoms with E-state index in [1.54, 1.807) is 38.5 Å². The van der Waals surface area contributed by atoms with Crippen molar-refractivity contribution in [1.82, 2.24) is 0 Å². The third-order valence-corrected chi connectivity index (χ3v) is 3.03. The predicted octanol–water partition coefficient (Wildman–Crippen LogP) is 2.95.